The molecule has 0 aromatic carbocycles. The van der Waals surface area contributed by atoms with Crippen LogP contribution in [0.2, 0.25) is 0 Å². The zero-order valence-electron chi connectivity index (χ0n) is 7.88. The molecule has 1 aliphatic rings. The second kappa shape index (κ2) is 4.32. The largest absolute Gasteiger partial charge is 0.319 e. The molecule has 0 amide bonds. The highest BCUT2D eigenvalue weighted by Gasteiger charge is 2.20. The number of nitrogens with zero attached hydrogens (tertiary/aromatic N) is 2. The lowest BCUT2D eigenvalue weighted by Crippen LogP contribution is -2.46. The Kier molecular flexibility index (Phi) is 3.36. The highest BCUT2D eigenvalue weighted by Crippen LogP contribution is 2.12. The molecular formula is C9H17N3. The van der Waals surface area contributed by atoms with Crippen LogP contribution in [-0.4, -0.2) is 30.1 Å². The van der Waals surface area contributed by atoms with Crippen LogP contribution in [0.15, 0.2) is 0 Å². The third kappa shape index (κ3) is 2.38. The topological polar surface area (TPSA) is 39.1 Å². The van der Waals surface area contributed by atoms with Crippen LogP contribution < -0.4 is 5.32 Å². The molecule has 1 N–H and O–H groups in total. The van der Waals surface area contributed by atoms with Gasteiger partial charge >= 0.3 is 0 Å². The Morgan fingerprint density at radius 3 is 2.92 bits per heavy atom. The van der Waals surface area contributed by atoms with Gasteiger partial charge in [-0.05, 0) is 33.2 Å². The van der Waals surface area contributed by atoms with Gasteiger partial charge in [-0.2, -0.15) is 5.26 Å². The first-order valence-electron chi connectivity index (χ1n) is 4.62. The maximum Gasteiger partial charge on any atom is 0.176 e. The van der Waals surface area contributed by atoms with Gasteiger partial charge < -0.3 is 5.32 Å². The molecule has 0 aromatic heterocycles. The van der Waals surface area contributed by atoms with Crippen LogP contribution in [0.5, 0.6) is 0 Å². The summed E-state index contributed by atoms with van der Waals surface area (Å²) in [4.78, 5) is 2.42. The monoisotopic (exact) mass is 167 g/mol. The Morgan fingerprint density at radius 2 is 2.33 bits per heavy atom. The predicted molar refractivity (Wildman–Crippen MR) is 48.5 cm³/mol. The van der Waals surface area contributed by atoms with Gasteiger partial charge in [0, 0.05) is 18.6 Å². The van der Waals surface area contributed by atoms with E-state index in [0.717, 1.165) is 13.0 Å². The fourth-order valence-electron chi connectivity index (χ4n) is 1.68. The molecule has 0 aliphatic carbocycles. The Hall–Kier alpha value is -0.750. The summed E-state index contributed by atoms with van der Waals surface area (Å²) in [5.41, 5.74) is 0. The molecule has 0 saturated carbocycles. The second-order valence-electron chi connectivity index (χ2n) is 3.68. The number of hydrogen-bond donors (Lipinski definition) is 1. The van der Waals surface area contributed by atoms with E-state index in [0.29, 0.717) is 12.1 Å². The molecule has 1 fully saturated rings. The van der Waals surface area contributed by atoms with Crippen molar-refractivity contribution >= 4 is 0 Å². The van der Waals surface area contributed by atoms with Crippen molar-refractivity contribution in [1.29, 1.82) is 5.26 Å². The van der Waals surface area contributed by atoms with E-state index in [9.17, 15) is 0 Å². The van der Waals surface area contributed by atoms with Crippen LogP contribution in [0.1, 0.15) is 26.7 Å². The molecule has 1 atom stereocenters. The van der Waals surface area contributed by atoms with Gasteiger partial charge in [-0.25, -0.2) is 0 Å². The van der Waals surface area contributed by atoms with Gasteiger partial charge in [0.25, 0.3) is 0 Å². The number of nitrogens with one attached hydrogen (secondary N) is 1. The zero-order valence-corrected chi connectivity index (χ0v) is 7.88. The fraction of sp³-hybridized carbons (Fsp3) is 0.889. The summed E-state index contributed by atoms with van der Waals surface area (Å²) in [6, 6.07) is 0.986. The minimum atomic E-state index is 0.381. The van der Waals surface area contributed by atoms with E-state index >= 15 is 0 Å². The Balaban J connectivity index is 2.36. The number of likely N-dealkylation sites (tertiary alicyclic amines) is 1. The first-order chi connectivity index (χ1) is 5.74. The maximum absolute atomic E-state index is 8.46. The number of nitriles is 1. The first kappa shape index (κ1) is 9.34. The van der Waals surface area contributed by atoms with Gasteiger partial charge in [0.2, 0.25) is 0 Å². The molecule has 3 heteroatoms. The summed E-state index contributed by atoms with van der Waals surface area (Å²) in [6.45, 7) is 6.61. The van der Waals surface area contributed by atoms with Gasteiger partial charge in [0.15, 0.2) is 6.19 Å². The summed E-state index contributed by atoms with van der Waals surface area (Å²) >= 11 is 0. The fourth-order valence-corrected chi connectivity index (χ4v) is 1.68. The van der Waals surface area contributed by atoms with Crippen molar-refractivity contribution in [2.45, 2.75) is 38.8 Å². The van der Waals surface area contributed by atoms with Crippen LogP contribution in [0, 0.1) is 11.5 Å². The Morgan fingerprint density at radius 1 is 1.58 bits per heavy atom. The average Bonchev–Trinajstić information content (AvgIpc) is 2.05. The van der Waals surface area contributed by atoms with Crippen molar-refractivity contribution in [3.63, 3.8) is 0 Å². The molecule has 1 saturated heterocycles. The minimum absolute atomic E-state index is 0.381. The third-order valence-corrected chi connectivity index (χ3v) is 2.45. The molecule has 0 radical (unpaired) electrons. The number of piperidine rings is 1. The number of rotatable bonds is 2. The Labute approximate surface area is 74.4 Å². The van der Waals surface area contributed by atoms with E-state index in [1.165, 1.54) is 13.0 Å². The van der Waals surface area contributed by atoms with E-state index < -0.39 is 0 Å². The van der Waals surface area contributed by atoms with E-state index in [1.54, 1.807) is 0 Å². The summed E-state index contributed by atoms with van der Waals surface area (Å²) < 4.78 is 0. The molecule has 0 spiro atoms. The van der Waals surface area contributed by atoms with E-state index in [1.807, 2.05) is 6.19 Å². The summed E-state index contributed by atoms with van der Waals surface area (Å²) in [5.74, 6) is 0. The minimum Gasteiger partial charge on any atom is -0.319 e. The lowest BCUT2D eigenvalue weighted by Gasteiger charge is -2.34. The van der Waals surface area contributed by atoms with Gasteiger partial charge in [-0.1, -0.05) is 0 Å². The molecule has 1 heterocycles. The lowest BCUT2D eigenvalue weighted by atomic mass is 10.0. The SMILES string of the molecule is CC(C)N1CCCC(NC#N)C1. The van der Waals surface area contributed by atoms with Crippen molar-refractivity contribution in [3.8, 4) is 6.19 Å². The van der Waals surface area contributed by atoms with Crippen molar-refractivity contribution in [2.75, 3.05) is 13.1 Å². The highest BCUT2D eigenvalue weighted by atomic mass is 15.2. The number of hydrogen-bond acceptors (Lipinski definition) is 3. The zero-order chi connectivity index (χ0) is 8.97. The quantitative estimate of drug-likeness (QED) is 0.491. The van der Waals surface area contributed by atoms with Crippen LogP contribution in [0.4, 0.5) is 0 Å². The van der Waals surface area contributed by atoms with Gasteiger partial charge in [0.1, 0.15) is 0 Å². The average molecular weight is 167 g/mol. The summed E-state index contributed by atoms with van der Waals surface area (Å²) in [6.07, 6.45) is 4.36. The molecule has 3 nitrogen and oxygen atoms in total. The van der Waals surface area contributed by atoms with Crippen LogP contribution in [0.3, 0.4) is 0 Å². The van der Waals surface area contributed by atoms with Gasteiger partial charge in [-0.3, -0.25) is 4.90 Å². The first-order valence-corrected chi connectivity index (χ1v) is 4.62. The summed E-state index contributed by atoms with van der Waals surface area (Å²) in [5, 5.41) is 11.3. The third-order valence-electron chi connectivity index (χ3n) is 2.45. The molecule has 0 bridgehead atoms. The molecule has 68 valence electrons. The molecule has 12 heavy (non-hydrogen) atoms. The van der Waals surface area contributed by atoms with Crippen molar-refractivity contribution in [3.05, 3.63) is 0 Å². The van der Waals surface area contributed by atoms with E-state index in [-0.39, 0.29) is 0 Å². The normalized spacial score (nSPS) is 25.3. The van der Waals surface area contributed by atoms with Crippen molar-refractivity contribution < 1.29 is 0 Å². The van der Waals surface area contributed by atoms with Crippen molar-refractivity contribution in [1.82, 2.24) is 10.2 Å². The molecule has 1 unspecified atom stereocenters. The van der Waals surface area contributed by atoms with Gasteiger partial charge in [-0.15, -0.1) is 0 Å². The summed E-state index contributed by atoms with van der Waals surface area (Å²) in [7, 11) is 0. The van der Waals surface area contributed by atoms with E-state index in [2.05, 4.69) is 24.1 Å². The molecular weight excluding hydrogens is 150 g/mol. The smallest absolute Gasteiger partial charge is 0.176 e. The van der Waals surface area contributed by atoms with E-state index in [4.69, 9.17) is 5.26 Å². The second-order valence-corrected chi connectivity index (χ2v) is 3.68. The molecule has 1 rings (SSSR count). The van der Waals surface area contributed by atoms with Crippen LogP contribution >= 0.6 is 0 Å². The van der Waals surface area contributed by atoms with Crippen LogP contribution in [-0.2, 0) is 0 Å². The highest BCUT2D eigenvalue weighted by molar-refractivity contribution is 4.84. The molecule has 0 aromatic rings. The molecule has 1 aliphatic heterocycles. The van der Waals surface area contributed by atoms with Crippen LogP contribution in [0.25, 0.3) is 0 Å². The standard InChI is InChI=1S/C9H17N3/c1-8(2)12-5-3-4-9(6-12)11-7-10/h8-9,11H,3-6H2,1-2H3. The lowest BCUT2D eigenvalue weighted by molar-refractivity contribution is 0.161. The van der Waals surface area contributed by atoms with Gasteiger partial charge in [0.05, 0.1) is 0 Å². The Bertz CT molecular complexity index is 171. The maximum atomic E-state index is 8.46. The predicted octanol–water partition coefficient (Wildman–Crippen LogP) is 0.930. The van der Waals surface area contributed by atoms with Crippen molar-refractivity contribution in [2.24, 2.45) is 0 Å².